The van der Waals surface area contributed by atoms with Gasteiger partial charge in [0.05, 0.1) is 6.04 Å². The zero-order chi connectivity index (χ0) is 13.3. The Labute approximate surface area is 106 Å². The van der Waals surface area contributed by atoms with Crippen molar-refractivity contribution in [3.63, 3.8) is 0 Å². The Balaban J connectivity index is 3.70. The van der Waals surface area contributed by atoms with E-state index in [1.807, 2.05) is 6.92 Å². The minimum Gasteiger partial charge on any atom is -0.354 e. The molecule has 0 rings (SSSR count). The molecule has 17 heavy (non-hydrogen) atoms. The van der Waals surface area contributed by atoms with E-state index in [1.54, 1.807) is 0 Å². The van der Waals surface area contributed by atoms with Gasteiger partial charge in [0.15, 0.2) is 0 Å². The standard InChI is InChI=1S/C13H29N3O/c1-6-16(7-2)9-8-14-12(5)13(17)15-10-11(3)4/h11-12,14H,6-10H2,1-5H3,(H,15,17). The van der Waals surface area contributed by atoms with Gasteiger partial charge in [0.1, 0.15) is 0 Å². The molecule has 0 radical (unpaired) electrons. The van der Waals surface area contributed by atoms with Gasteiger partial charge in [-0.3, -0.25) is 4.79 Å². The largest absolute Gasteiger partial charge is 0.354 e. The normalized spacial score (nSPS) is 13.1. The average molecular weight is 243 g/mol. The number of carbonyl (C=O) groups excluding carboxylic acids is 1. The fraction of sp³-hybridized carbons (Fsp3) is 0.923. The Hall–Kier alpha value is -0.610. The average Bonchev–Trinajstić information content (AvgIpc) is 2.31. The van der Waals surface area contributed by atoms with Crippen LogP contribution < -0.4 is 10.6 Å². The van der Waals surface area contributed by atoms with Gasteiger partial charge in [-0.05, 0) is 25.9 Å². The van der Waals surface area contributed by atoms with Gasteiger partial charge in [-0.1, -0.05) is 27.7 Å². The first kappa shape index (κ1) is 16.4. The molecule has 1 amide bonds. The number of nitrogens with zero attached hydrogens (tertiary/aromatic N) is 1. The predicted octanol–water partition coefficient (Wildman–Crippen LogP) is 1.08. The van der Waals surface area contributed by atoms with Crippen molar-refractivity contribution in [2.45, 2.75) is 40.7 Å². The Kier molecular flexibility index (Phi) is 9.09. The lowest BCUT2D eigenvalue weighted by atomic mass is 10.2. The lowest BCUT2D eigenvalue weighted by molar-refractivity contribution is -0.122. The maximum absolute atomic E-state index is 11.7. The predicted molar refractivity (Wildman–Crippen MR) is 73.1 cm³/mol. The molecule has 0 aromatic rings. The summed E-state index contributed by atoms with van der Waals surface area (Å²) >= 11 is 0. The minimum absolute atomic E-state index is 0.0956. The zero-order valence-electron chi connectivity index (χ0n) is 12.0. The highest BCUT2D eigenvalue weighted by molar-refractivity contribution is 5.81. The summed E-state index contributed by atoms with van der Waals surface area (Å²) < 4.78 is 0. The molecule has 1 atom stereocenters. The summed E-state index contributed by atoms with van der Waals surface area (Å²) in [6.45, 7) is 15.1. The molecule has 0 heterocycles. The third-order valence-electron chi connectivity index (χ3n) is 2.85. The molecule has 1 unspecified atom stereocenters. The van der Waals surface area contributed by atoms with Crippen molar-refractivity contribution < 1.29 is 4.79 Å². The van der Waals surface area contributed by atoms with E-state index in [0.29, 0.717) is 5.92 Å². The van der Waals surface area contributed by atoms with Gasteiger partial charge in [0.2, 0.25) is 5.91 Å². The van der Waals surface area contributed by atoms with Crippen molar-refractivity contribution in [2.24, 2.45) is 5.92 Å². The second-order valence-corrected chi connectivity index (χ2v) is 4.84. The van der Waals surface area contributed by atoms with E-state index in [-0.39, 0.29) is 11.9 Å². The van der Waals surface area contributed by atoms with Crippen LogP contribution in [0.5, 0.6) is 0 Å². The van der Waals surface area contributed by atoms with E-state index in [0.717, 1.165) is 32.7 Å². The van der Waals surface area contributed by atoms with E-state index >= 15 is 0 Å². The molecule has 4 heteroatoms. The molecule has 0 aromatic carbocycles. The molecule has 4 nitrogen and oxygen atoms in total. The summed E-state index contributed by atoms with van der Waals surface area (Å²) in [5.74, 6) is 0.597. The maximum Gasteiger partial charge on any atom is 0.236 e. The maximum atomic E-state index is 11.7. The Morgan fingerprint density at radius 1 is 1.18 bits per heavy atom. The molecule has 0 aliphatic heterocycles. The molecule has 2 N–H and O–H groups in total. The summed E-state index contributed by atoms with van der Waals surface area (Å²) in [7, 11) is 0. The summed E-state index contributed by atoms with van der Waals surface area (Å²) in [4.78, 5) is 14.0. The van der Waals surface area contributed by atoms with Crippen molar-refractivity contribution in [1.29, 1.82) is 0 Å². The Morgan fingerprint density at radius 3 is 2.24 bits per heavy atom. The molecule has 102 valence electrons. The smallest absolute Gasteiger partial charge is 0.236 e. The molecule has 0 aliphatic rings. The van der Waals surface area contributed by atoms with Crippen LogP contribution >= 0.6 is 0 Å². The molecule has 0 saturated heterocycles. The van der Waals surface area contributed by atoms with Crippen LogP contribution in [-0.2, 0) is 4.79 Å². The minimum atomic E-state index is -0.107. The monoisotopic (exact) mass is 243 g/mol. The van der Waals surface area contributed by atoms with Crippen LogP contribution in [0.25, 0.3) is 0 Å². The van der Waals surface area contributed by atoms with E-state index in [2.05, 4.69) is 43.2 Å². The van der Waals surface area contributed by atoms with Crippen LogP contribution in [0, 0.1) is 5.92 Å². The first-order valence-electron chi connectivity index (χ1n) is 6.74. The van der Waals surface area contributed by atoms with E-state index < -0.39 is 0 Å². The summed E-state index contributed by atoms with van der Waals surface area (Å²) in [5.41, 5.74) is 0. The number of hydrogen-bond acceptors (Lipinski definition) is 3. The van der Waals surface area contributed by atoms with Crippen molar-refractivity contribution in [2.75, 3.05) is 32.7 Å². The fourth-order valence-corrected chi connectivity index (χ4v) is 1.53. The number of amides is 1. The fourth-order valence-electron chi connectivity index (χ4n) is 1.53. The third-order valence-corrected chi connectivity index (χ3v) is 2.85. The number of nitrogens with one attached hydrogen (secondary N) is 2. The number of likely N-dealkylation sites (N-methyl/N-ethyl adjacent to an activating group) is 1. The molecule has 0 aromatic heterocycles. The quantitative estimate of drug-likeness (QED) is 0.637. The van der Waals surface area contributed by atoms with Crippen LogP contribution in [0.4, 0.5) is 0 Å². The first-order valence-corrected chi connectivity index (χ1v) is 6.74. The molecule has 0 spiro atoms. The highest BCUT2D eigenvalue weighted by atomic mass is 16.2. The molecule has 0 bridgehead atoms. The van der Waals surface area contributed by atoms with E-state index in [9.17, 15) is 4.79 Å². The van der Waals surface area contributed by atoms with Crippen LogP contribution in [0.2, 0.25) is 0 Å². The van der Waals surface area contributed by atoms with Crippen molar-refractivity contribution in [3.05, 3.63) is 0 Å². The SMILES string of the molecule is CCN(CC)CCNC(C)C(=O)NCC(C)C. The lowest BCUT2D eigenvalue weighted by Crippen LogP contribution is -2.45. The van der Waals surface area contributed by atoms with Crippen LogP contribution in [0.3, 0.4) is 0 Å². The Bertz CT molecular complexity index is 203. The topological polar surface area (TPSA) is 44.4 Å². The summed E-state index contributed by atoms with van der Waals surface area (Å²) in [6, 6.07) is -0.107. The van der Waals surface area contributed by atoms with Crippen molar-refractivity contribution in [3.8, 4) is 0 Å². The Morgan fingerprint density at radius 2 is 1.76 bits per heavy atom. The van der Waals surface area contributed by atoms with Gasteiger partial charge in [0.25, 0.3) is 0 Å². The number of hydrogen-bond donors (Lipinski definition) is 2. The van der Waals surface area contributed by atoms with Gasteiger partial charge in [-0.25, -0.2) is 0 Å². The highest BCUT2D eigenvalue weighted by Crippen LogP contribution is 1.90. The number of rotatable bonds is 9. The second-order valence-electron chi connectivity index (χ2n) is 4.84. The highest BCUT2D eigenvalue weighted by Gasteiger charge is 2.11. The van der Waals surface area contributed by atoms with Gasteiger partial charge in [-0.2, -0.15) is 0 Å². The van der Waals surface area contributed by atoms with Gasteiger partial charge < -0.3 is 15.5 Å². The molecule has 0 fully saturated rings. The molecule has 0 aliphatic carbocycles. The van der Waals surface area contributed by atoms with E-state index in [1.165, 1.54) is 0 Å². The second kappa shape index (κ2) is 9.42. The molecule has 0 saturated carbocycles. The lowest BCUT2D eigenvalue weighted by Gasteiger charge is -2.20. The van der Waals surface area contributed by atoms with Gasteiger partial charge in [0, 0.05) is 19.6 Å². The molecular formula is C13H29N3O. The zero-order valence-corrected chi connectivity index (χ0v) is 12.0. The first-order chi connectivity index (χ1) is 8.01. The van der Waals surface area contributed by atoms with Crippen molar-refractivity contribution >= 4 is 5.91 Å². The summed E-state index contributed by atoms with van der Waals surface area (Å²) in [6.07, 6.45) is 0. The van der Waals surface area contributed by atoms with Crippen LogP contribution in [-0.4, -0.2) is 49.6 Å². The van der Waals surface area contributed by atoms with E-state index in [4.69, 9.17) is 0 Å². The number of carbonyl (C=O) groups is 1. The van der Waals surface area contributed by atoms with Gasteiger partial charge >= 0.3 is 0 Å². The van der Waals surface area contributed by atoms with Crippen molar-refractivity contribution in [1.82, 2.24) is 15.5 Å². The van der Waals surface area contributed by atoms with Crippen LogP contribution in [0.15, 0.2) is 0 Å². The third kappa shape index (κ3) is 8.16. The van der Waals surface area contributed by atoms with Gasteiger partial charge in [-0.15, -0.1) is 0 Å². The summed E-state index contributed by atoms with van der Waals surface area (Å²) in [5, 5.41) is 6.18. The van der Waals surface area contributed by atoms with Crippen LogP contribution in [0.1, 0.15) is 34.6 Å². The molecular weight excluding hydrogens is 214 g/mol.